The van der Waals surface area contributed by atoms with Gasteiger partial charge in [0.2, 0.25) is 11.8 Å². The second kappa shape index (κ2) is 8.83. The van der Waals surface area contributed by atoms with E-state index in [0.29, 0.717) is 25.9 Å². The zero-order chi connectivity index (χ0) is 19.2. The van der Waals surface area contributed by atoms with Gasteiger partial charge < -0.3 is 14.2 Å². The summed E-state index contributed by atoms with van der Waals surface area (Å²) in [5, 5.41) is 10.6. The molecule has 0 bridgehead atoms. The zero-order valence-corrected chi connectivity index (χ0v) is 15.3. The largest absolute Gasteiger partial charge is 0.433 e. The summed E-state index contributed by atoms with van der Waals surface area (Å²) in [6, 6.07) is 2.71. The standard InChI is InChI=1S/C19H25N3O5/c23-17(7-5-16-6-8-18(27-16)22(25)26)20-13-9-15(10-14-20)19(24)21-11-3-1-2-4-12-21/h5-8,15H,1-4,9-14H2/b7-5+. The molecule has 0 atom stereocenters. The van der Waals surface area contributed by atoms with Crippen molar-refractivity contribution < 1.29 is 18.9 Å². The predicted octanol–water partition coefficient (Wildman–Crippen LogP) is 2.84. The number of amides is 2. The van der Waals surface area contributed by atoms with Gasteiger partial charge in [0, 0.05) is 38.2 Å². The van der Waals surface area contributed by atoms with Gasteiger partial charge >= 0.3 is 5.88 Å². The third-order valence-electron chi connectivity index (χ3n) is 5.26. The summed E-state index contributed by atoms with van der Waals surface area (Å²) in [4.78, 5) is 38.7. The highest BCUT2D eigenvalue weighted by atomic mass is 16.6. The molecule has 146 valence electrons. The molecule has 2 saturated heterocycles. The Morgan fingerprint density at radius 1 is 1.04 bits per heavy atom. The van der Waals surface area contributed by atoms with E-state index in [4.69, 9.17) is 4.42 Å². The smallest absolute Gasteiger partial charge is 0.401 e. The minimum Gasteiger partial charge on any atom is -0.401 e. The molecule has 0 aliphatic carbocycles. The Labute approximate surface area is 157 Å². The monoisotopic (exact) mass is 375 g/mol. The van der Waals surface area contributed by atoms with Crippen LogP contribution in [0.15, 0.2) is 22.6 Å². The molecule has 3 rings (SSSR count). The number of hydrogen-bond donors (Lipinski definition) is 0. The van der Waals surface area contributed by atoms with Crippen LogP contribution in [0.25, 0.3) is 6.08 Å². The van der Waals surface area contributed by atoms with Crippen LogP contribution >= 0.6 is 0 Å². The van der Waals surface area contributed by atoms with Crippen LogP contribution in [0.1, 0.15) is 44.3 Å². The van der Waals surface area contributed by atoms with Gasteiger partial charge in [-0.3, -0.25) is 19.7 Å². The Morgan fingerprint density at radius 3 is 2.30 bits per heavy atom. The summed E-state index contributed by atoms with van der Waals surface area (Å²) in [6.07, 6.45) is 8.72. The first kappa shape index (κ1) is 19.1. The molecule has 2 aliphatic rings. The number of rotatable bonds is 4. The second-order valence-corrected chi connectivity index (χ2v) is 7.11. The van der Waals surface area contributed by atoms with Crippen molar-refractivity contribution in [2.45, 2.75) is 38.5 Å². The van der Waals surface area contributed by atoms with Crippen molar-refractivity contribution in [3.05, 3.63) is 34.1 Å². The molecule has 0 radical (unpaired) electrons. The SMILES string of the molecule is O=C(/C=C/c1ccc([N+](=O)[O-])o1)N1CCC(C(=O)N2CCCCCC2)CC1. The molecule has 3 heterocycles. The zero-order valence-electron chi connectivity index (χ0n) is 15.3. The lowest BCUT2D eigenvalue weighted by Gasteiger charge is -2.33. The second-order valence-electron chi connectivity index (χ2n) is 7.11. The van der Waals surface area contributed by atoms with Crippen molar-refractivity contribution in [2.75, 3.05) is 26.2 Å². The average molecular weight is 375 g/mol. The van der Waals surface area contributed by atoms with E-state index < -0.39 is 4.92 Å². The molecule has 8 heteroatoms. The van der Waals surface area contributed by atoms with E-state index >= 15 is 0 Å². The fourth-order valence-electron chi connectivity index (χ4n) is 3.68. The van der Waals surface area contributed by atoms with Gasteiger partial charge in [-0.15, -0.1) is 0 Å². The van der Waals surface area contributed by atoms with E-state index in [9.17, 15) is 19.7 Å². The molecule has 2 aliphatic heterocycles. The molecular weight excluding hydrogens is 350 g/mol. The van der Waals surface area contributed by atoms with Gasteiger partial charge in [-0.1, -0.05) is 12.8 Å². The van der Waals surface area contributed by atoms with Crippen LogP contribution in [0, 0.1) is 16.0 Å². The summed E-state index contributed by atoms with van der Waals surface area (Å²) < 4.78 is 5.00. The van der Waals surface area contributed by atoms with Gasteiger partial charge in [0.05, 0.1) is 6.07 Å². The van der Waals surface area contributed by atoms with Gasteiger partial charge in [-0.25, -0.2) is 0 Å². The van der Waals surface area contributed by atoms with Gasteiger partial charge in [0.1, 0.15) is 10.7 Å². The normalized spacial score (nSPS) is 19.3. The third-order valence-corrected chi connectivity index (χ3v) is 5.26. The number of piperidine rings is 1. The van der Waals surface area contributed by atoms with Crippen molar-refractivity contribution in [3.63, 3.8) is 0 Å². The summed E-state index contributed by atoms with van der Waals surface area (Å²) in [5.74, 6) is -0.0165. The van der Waals surface area contributed by atoms with E-state index in [1.807, 2.05) is 4.90 Å². The van der Waals surface area contributed by atoms with Crippen molar-refractivity contribution in [3.8, 4) is 0 Å². The van der Waals surface area contributed by atoms with Crippen LogP contribution < -0.4 is 0 Å². The average Bonchev–Trinajstić information content (AvgIpc) is 3.00. The van der Waals surface area contributed by atoms with Crippen molar-refractivity contribution in [1.82, 2.24) is 9.80 Å². The Balaban J connectivity index is 1.49. The topological polar surface area (TPSA) is 96.9 Å². The highest BCUT2D eigenvalue weighted by Gasteiger charge is 2.29. The van der Waals surface area contributed by atoms with E-state index in [1.165, 1.54) is 37.1 Å². The summed E-state index contributed by atoms with van der Waals surface area (Å²) >= 11 is 0. The van der Waals surface area contributed by atoms with Gasteiger partial charge in [0.25, 0.3) is 0 Å². The molecule has 0 N–H and O–H groups in total. The number of likely N-dealkylation sites (tertiary alicyclic amines) is 2. The molecule has 2 fully saturated rings. The molecule has 1 aromatic heterocycles. The van der Waals surface area contributed by atoms with Crippen molar-refractivity contribution in [2.24, 2.45) is 5.92 Å². The maximum Gasteiger partial charge on any atom is 0.433 e. The lowest BCUT2D eigenvalue weighted by molar-refractivity contribution is -0.402. The Bertz CT molecular complexity index is 711. The summed E-state index contributed by atoms with van der Waals surface area (Å²) in [6.45, 7) is 2.81. The Hall–Kier alpha value is -2.64. The van der Waals surface area contributed by atoms with E-state index in [-0.39, 0.29) is 29.4 Å². The third kappa shape index (κ3) is 4.96. The lowest BCUT2D eigenvalue weighted by Crippen LogP contribution is -2.44. The molecule has 0 saturated carbocycles. The fraction of sp³-hybridized carbons (Fsp3) is 0.579. The van der Waals surface area contributed by atoms with Crippen molar-refractivity contribution >= 4 is 23.8 Å². The van der Waals surface area contributed by atoms with Crippen LogP contribution in [0.2, 0.25) is 0 Å². The molecule has 0 aromatic carbocycles. The van der Waals surface area contributed by atoms with Crippen molar-refractivity contribution in [1.29, 1.82) is 0 Å². The number of nitrogens with zero attached hydrogens (tertiary/aromatic N) is 3. The lowest BCUT2D eigenvalue weighted by atomic mass is 9.95. The first-order chi connectivity index (χ1) is 13.0. The molecule has 2 amide bonds. The number of furan rings is 1. The number of carbonyl (C=O) groups excluding carboxylic acids is 2. The van der Waals surface area contributed by atoms with Crippen LogP contribution in [-0.2, 0) is 9.59 Å². The Morgan fingerprint density at radius 2 is 1.70 bits per heavy atom. The summed E-state index contributed by atoms with van der Waals surface area (Å²) in [5.41, 5.74) is 0. The Kier molecular flexibility index (Phi) is 6.26. The van der Waals surface area contributed by atoms with Gasteiger partial charge in [-0.2, -0.15) is 0 Å². The fourth-order valence-corrected chi connectivity index (χ4v) is 3.68. The maximum atomic E-state index is 12.7. The predicted molar refractivity (Wildman–Crippen MR) is 98.7 cm³/mol. The number of carbonyl (C=O) groups is 2. The minimum absolute atomic E-state index is 0.00357. The molecule has 27 heavy (non-hydrogen) atoms. The minimum atomic E-state index is -0.620. The van der Waals surface area contributed by atoms with Gasteiger partial charge in [0.15, 0.2) is 0 Å². The van der Waals surface area contributed by atoms with E-state index in [0.717, 1.165) is 25.9 Å². The van der Waals surface area contributed by atoms with Crippen LogP contribution in [0.4, 0.5) is 5.88 Å². The molecular formula is C19H25N3O5. The van der Waals surface area contributed by atoms with Crippen LogP contribution in [0.3, 0.4) is 0 Å². The number of nitro groups is 1. The highest BCUT2D eigenvalue weighted by molar-refractivity contribution is 5.91. The molecule has 1 aromatic rings. The molecule has 8 nitrogen and oxygen atoms in total. The van der Waals surface area contributed by atoms with E-state index in [1.54, 1.807) is 4.90 Å². The van der Waals surface area contributed by atoms with Crippen LogP contribution in [-0.4, -0.2) is 52.7 Å². The first-order valence-corrected chi connectivity index (χ1v) is 9.54. The van der Waals surface area contributed by atoms with E-state index in [2.05, 4.69) is 0 Å². The molecule has 0 unspecified atom stereocenters. The van der Waals surface area contributed by atoms with Crippen LogP contribution in [0.5, 0.6) is 0 Å². The highest BCUT2D eigenvalue weighted by Crippen LogP contribution is 2.22. The molecule has 0 spiro atoms. The summed E-state index contributed by atoms with van der Waals surface area (Å²) in [7, 11) is 0. The quantitative estimate of drug-likeness (QED) is 0.458. The maximum absolute atomic E-state index is 12.7. The first-order valence-electron chi connectivity index (χ1n) is 9.54. The number of hydrogen-bond acceptors (Lipinski definition) is 5. The van der Waals surface area contributed by atoms with Gasteiger partial charge in [-0.05, 0) is 37.8 Å².